The number of nitrogens with one attached hydrogen (secondary N) is 4. The van der Waals surface area contributed by atoms with Gasteiger partial charge < -0.3 is 65.3 Å². The van der Waals surface area contributed by atoms with Crippen LogP contribution < -0.4 is 49.9 Å². The molecule has 0 bridgehead atoms. The van der Waals surface area contributed by atoms with Gasteiger partial charge in [0.1, 0.15) is 18.1 Å². The molecule has 17 N–H and O–H groups in total. The number of aliphatic imine (C=N–C) groups is 2. The van der Waals surface area contributed by atoms with Crippen molar-refractivity contribution in [3.05, 3.63) is 35.9 Å². The lowest BCUT2D eigenvalue weighted by Crippen LogP contribution is -2.58. The van der Waals surface area contributed by atoms with E-state index in [-0.39, 0.29) is 62.0 Å². The van der Waals surface area contributed by atoms with Gasteiger partial charge in [-0.05, 0) is 56.6 Å². The van der Waals surface area contributed by atoms with Gasteiger partial charge in [0.25, 0.3) is 0 Å². The maximum absolute atomic E-state index is 13.5. The first-order valence-corrected chi connectivity index (χ1v) is 18.7. The molecule has 0 fully saturated rings. The lowest BCUT2D eigenvalue weighted by molar-refractivity contribution is -0.193. The first-order chi connectivity index (χ1) is 29.8. The molecule has 0 aliphatic heterocycles. The number of nitrogens with zero attached hydrogens (tertiary/aromatic N) is 2. The Hall–Kier alpha value is -6.62. The van der Waals surface area contributed by atoms with Crippen LogP contribution in [-0.2, 0) is 40.0 Å². The summed E-state index contributed by atoms with van der Waals surface area (Å²) < 4.78 is 95.2. The number of aliphatic carboxylic acids is 3. The van der Waals surface area contributed by atoms with E-state index in [0.29, 0.717) is 32.4 Å². The van der Waals surface area contributed by atoms with E-state index in [9.17, 15) is 58.7 Å². The van der Waals surface area contributed by atoms with Crippen LogP contribution in [0.2, 0.25) is 0 Å². The number of hydrogen-bond donors (Lipinski definition) is 12. The topological polar surface area (TPSA) is 383 Å². The molecule has 0 spiro atoms. The smallest absolute Gasteiger partial charge is 0.475 e. The highest BCUT2D eigenvalue weighted by Gasteiger charge is 2.39. The molecule has 3 atom stereocenters. The molecule has 1 aromatic carbocycles. The third kappa shape index (κ3) is 34.5. The second kappa shape index (κ2) is 32.1. The monoisotopic (exact) mass is 959 g/mol. The van der Waals surface area contributed by atoms with Crippen molar-refractivity contribution in [2.24, 2.45) is 44.6 Å². The van der Waals surface area contributed by atoms with Crippen LogP contribution in [0.4, 0.5) is 39.5 Å². The normalized spacial score (nSPS) is 12.3. The molecule has 0 aliphatic carbocycles. The molecule has 4 amide bonds. The van der Waals surface area contributed by atoms with E-state index in [0.717, 1.165) is 12.0 Å². The number of benzene rings is 1. The Morgan fingerprint density at radius 2 is 1.00 bits per heavy atom. The molecule has 30 heteroatoms. The zero-order valence-corrected chi connectivity index (χ0v) is 34.9. The Morgan fingerprint density at radius 1 is 0.600 bits per heavy atom. The number of guanidine groups is 2. The SMILES string of the molecule is CC(C)[C@H](NC(=O)[C@H](CCCN=C(N)N)NC(=O)Cc1ccccc1)C(=O)N[C@@H](CCCN=C(N)N)C(=O)NCCCCN.O=C(O)C(F)(F)F.O=C(O)C(F)(F)F.O=C(O)C(F)(F)F. The molecule has 0 saturated heterocycles. The minimum absolute atomic E-state index is 0.0666. The fourth-order valence-corrected chi connectivity index (χ4v) is 4.23. The van der Waals surface area contributed by atoms with E-state index >= 15 is 0 Å². The third-order valence-corrected chi connectivity index (χ3v) is 7.29. The van der Waals surface area contributed by atoms with Crippen LogP contribution in [0, 0.1) is 5.92 Å². The highest BCUT2D eigenvalue weighted by atomic mass is 19.4. The van der Waals surface area contributed by atoms with Gasteiger partial charge in [0.05, 0.1) is 6.42 Å². The number of halogens is 9. The number of carbonyl (C=O) groups is 7. The van der Waals surface area contributed by atoms with Gasteiger partial charge in [-0.15, -0.1) is 0 Å². The summed E-state index contributed by atoms with van der Waals surface area (Å²) in [6.07, 6.45) is -12.4. The standard InChI is InChI=1S/C29H51N11O4.3C2HF3O2/c1-19(2)24(27(44)39-21(12-8-16-36-28(31)32)25(42)35-15-7-6-14-30)40-26(43)22(13-9-17-37-29(33)34)38-23(41)18-20-10-4-3-5-11-20;3*3-2(4,5)1(6)7/h3-5,10-11,19,21-22,24H,6-9,12-18,30H2,1-2H3,(H,35,42)(H,38,41)(H,39,44)(H,40,43)(H4,31,32,36)(H4,33,34,37);3*(H,6,7)/t21-,22-,24-;;;/m0.../s1. The van der Waals surface area contributed by atoms with Gasteiger partial charge in [-0.1, -0.05) is 44.2 Å². The molecule has 0 heterocycles. The first-order valence-electron chi connectivity index (χ1n) is 18.7. The summed E-state index contributed by atoms with van der Waals surface area (Å²) in [5, 5.41) is 32.5. The van der Waals surface area contributed by atoms with E-state index in [1.807, 2.05) is 30.3 Å². The summed E-state index contributed by atoms with van der Waals surface area (Å²) in [6, 6.07) is 6.30. The van der Waals surface area contributed by atoms with Crippen LogP contribution in [0.25, 0.3) is 0 Å². The second-order valence-corrected chi connectivity index (χ2v) is 13.2. The number of hydrogen-bond acceptors (Lipinski definition) is 10. The van der Waals surface area contributed by atoms with Gasteiger partial charge in [0, 0.05) is 19.6 Å². The molecular formula is C35H54F9N11O10. The van der Waals surface area contributed by atoms with Crippen LogP contribution >= 0.6 is 0 Å². The number of carboxylic acid groups (broad SMARTS) is 3. The zero-order valence-electron chi connectivity index (χ0n) is 34.9. The minimum Gasteiger partial charge on any atom is -0.475 e. The summed E-state index contributed by atoms with van der Waals surface area (Å²) in [6.45, 7) is 5.00. The van der Waals surface area contributed by atoms with Gasteiger partial charge in [-0.3, -0.25) is 29.2 Å². The van der Waals surface area contributed by atoms with Crippen molar-refractivity contribution >= 4 is 53.5 Å². The van der Waals surface area contributed by atoms with E-state index in [2.05, 4.69) is 31.3 Å². The van der Waals surface area contributed by atoms with Crippen LogP contribution in [0.1, 0.15) is 57.9 Å². The highest BCUT2D eigenvalue weighted by Crippen LogP contribution is 2.15. The van der Waals surface area contributed by atoms with Crippen molar-refractivity contribution in [3.8, 4) is 0 Å². The van der Waals surface area contributed by atoms with Gasteiger partial charge in [0.2, 0.25) is 23.6 Å². The number of carboxylic acids is 3. The molecule has 0 aliphatic rings. The van der Waals surface area contributed by atoms with Gasteiger partial charge >= 0.3 is 36.4 Å². The van der Waals surface area contributed by atoms with Crippen LogP contribution in [-0.4, -0.2) is 132 Å². The molecule has 1 rings (SSSR count). The molecule has 0 saturated carbocycles. The average Bonchev–Trinajstić information content (AvgIpc) is 3.17. The summed E-state index contributed by atoms with van der Waals surface area (Å²) >= 11 is 0. The zero-order chi connectivity index (χ0) is 51.1. The quantitative estimate of drug-likeness (QED) is 0.0339. The van der Waals surface area contributed by atoms with Crippen molar-refractivity contribution < 1.29 is 88.4 Å². The van der Waals surface area contributed by atoms with Crippen molar-refractivity contribution in [2.75, 3.05) is 26.2 Å². The van der Waals surface area contributed by atoms with Crippen LogP contribution in [0.15, 0.2) is 40.3 Å². The highest BCUT2D eigenvalue weighted by molar-refractivity contribution is 5.94. The molecule has 0 unspecified atom stereocenters. The van der Waals surface area contributed by atoms with E-state index in [4.69, 9.17) is 58.4 Å². The summed E-state index contributed by atoms with van der Waals surface area (Å²) in [5.74, 6) is -10.5. The van der Waals surface area contributed by atoms with Crippen molar-refractivity contribution in [1.29, 1.82) is 0 Å². The fraction of sp³-hybridized carbons (Fsp3) is 0.571. The molecule has 372 valence electrons. The Bertz CT molecular complexity index is 1630. The number of nitrogens with two attached hydrogens (primary N) is 5. The summed E-state index contributed by atoms with van der Waals surface area (Å²) in [7, 11) is 0. The number of unbranched alkanes of at least 4 members (excludes halogenated alkanes) is 1. The molecule has 21 nitrogen and oxygen atoms in total. The van der Waals surface area contributed by atoms with Gasteiger partial charge in [0.15, 0.2) is 11.9 Å². The number of amides is 4. The molecule has 1 aromatic rings. The maximum Gasteiger partial charge on any atom is 0.490 e. The lowest BCUT2D eigenvalue weighted by atomic mass is 10.0. The Labute approximate surface area is 365 Å². The van der Waals surface area contributed by atoms with Gasteiger partial charge in [-0.25, -0.2) is 14.4 Å². The summed E-state index contributed by atoms with van der Waals surface area (Å²) in [5.41, 5.74) is 27.9. The summed E-state index contributed by atoms with van der Waals surface area (Å²) in [4.78, 5) is 87.2. The number of alkyl halides is 9. The molecule has 0 aromatic heterocycles. The lowest BCUT2D eigenvalue weighted by Gasteiger charge is -2.27. The molecular weight excluding hydrogens is 905 g/mol. The predicted molar refractivity (Wildman–Crippen MR) is 213 cm³/mol. The van der Waals surface area contributed by atoms with Gasteiger partial charge in [-0.2, -0.15) is 39.5 Å². The minimum atomic E-state index is -5.08. The second-order valence-electron chi connectivity index (χ2n) is 13.2. The Balaban J connectivity index is -0.00000149. The van der Waals surface area contributed by atoms with E-state index < -0.39 is 66.4 Å². The Morgan fingerprint density at radius 3 is 1.35 bits per heavy atom. The van der Waals surface area contributed by atoms with Crippen molar-refractivity contribution in [1.82, 2.24) is 21.3 Å². The molecule has 65 heavy (non-hydrogen) atoms. The Kier molecular flexibility index (Phi) is 31.0. The van der Waals surface area contributed by atoms with Crippen molar-refractivity contribution in [3.63, 3.8) is 0 Å². The largest absolute Gasteiger partial charge is 0.490 e. The first kappa shape index (κ1) is 62.7. The van der Waals surface area contributed by atoms with E-state index in [1.165, 1.54) is 0 Å². The van der Waals surface area contributed by atoms with E-state index in [1.54, 1.807) is 13.8 Å². The van der Waals surface area contributed by atoms with Crippen LogP contribution in [0.3, 0.4) is 0 Å². The number of rotatable bonds is 21. The fourth-order valence-electron chi connectivity index (χ4n) is 4.23. The van der Waals surface area contributed by atoms with Crippen molar-refractivity contribution in [2.45, 2.75) is 95.4 Å². The third-order valence-electron chi connectivity index (χ3n) is 7.29. The van der Waals surface area contributed by atoms with Crippen LogP contribution in [0.5, 0.6) is 0 Å². The predicted octanol–water partition coefficient (Wildman–Crippen LogP) is 0.202. The average molecular weight is 960 g/mol. The maximum atomic E-state index is 13.5. The molecule has 0 radical (unpaired) electrons. The number of carbonyl (C=O) groups excluding carboxylic acids is 4.